The third-order valence-corrected chi connectivity index (χ3v) is 5.95. The van der Waals surface area contributed by atoms with E-state index in [9.17, 15) is 4.79 Å². The van der Waals surface area contributed by atoms with Crippen LogP contribution in [0.2, 0.25) is 0 Å². The highest BCUT2D eigenvalue weighted by Gasteiger charge is 2.48. The molecular weight excluding hydrogens is 402 g/mol. The van der Waals surface area contributed by atoms with Gasteiger partial charge in [-0.05, 0) is 66.8 Å². The minimum atomic E-state index is -0.0205. The van der Waals surface area contributed by atoms with E-state index in [-0.39, 0.29) is 24.7 Å². The standard InChI is InChI=1S/C27H29NO4/c1-30-19-32-24-15-11-20(12-16-24)7-6-10-25-26(21-13-17-23(31-2)18-14-21)28(27(25)29)22-8-4-3-5-9-22/h3-5,8-9,11-18,25-26H,6-7,10,19H2,1-2H3/t25-,26-/m1/s1. The molecule has 0 spiro atoms. The molecule has 5 heteroatoms. The Morgan fingerprint density at radius 1 is 0.844 bits per heavy atom. The molecule has 1 aliphatic heterocycles. The van der Waals surface area contributed by atoms with Gasteiger partial charge in [-0.25, -0.2) is 0 Å². The van der Waals surface area contributed by atoms with Crippen molar-refractivity contribution in [2.75, 3.05) is 25.9 Å². The summed E-state index contributed by atoms with van der Waals surface area (Å²) in [4.78, 5) is 15.1. The molecule has 3 aromatic carbocycles. The van der Waals surface area contributed by atoms with Gasteiger partial charge in [0.15, 0.2) is 6.79 Å². The second kappa shape index (κ2) is 10.3. The summed E-state index contributed by atoms with van der Waals surface area (Å²) >= 11 is 0. The SMILES string of the molecule is COCOc1ccc(CCC[C@H]2C(=O)N(c3ccccc3)[C@@H]2c2ccc(OC)cc2)cc1. The molecule has 1 saturated heterocycles. The van der Waals surface area contributed by atoms with Crippen LogP contribution in [0, 0.1) is 5.92 Å². The second-order valence-electron chi connectivity index (χ2n) is 7.96. The molecule has 3 aromatic rings. The summed E-state index contributed by atoms with van der Waals surface area (Å²) in [7, 11) is 3.27. The lowest BCUT2D eigenvalue weighted by molar-refractivity contribution is -0.130. The normalized spacial score (nSPS) is 17.7. The van der Waals surface area contributed by atoms with E-state index in [0.29, 0.717) is 0 Å². The molecule has 5 nitrogen and oxygen atoms in total. The van der Waals surface area contributed by atoms with Crippen LogP contribution in [-0.2, 0) is 16.0 Å². The van der Waals surface area contributed by atoms with E-state index < -0.39 is 0 Å². The van der Waals surface area contributed by atoms with Crippen molar-refractivity contribution in [1.29, 1.82) is 0 Å². The molecule has 2 atom stereocenters. The summed E-state index contributed by atoms with van der Waals surface area (Å²) < 4.78 is 15.7. The zero-order valence-corrected chi connectivity index (χ0v) is 18.6. The van der Waals surface area contributed by atoms with Gasteiger partial charge in [0.2, 0.25) is 5.91 Å². The van der Waals surface area contributed by atoms with Gasteiger partial charge in [0.05, 0.1) is 19.1 Å². The number of ether oxygens (including phenoxy) is 3. The summed E-state index contributed by atoms with van der Waals surface area (Å²) in [6.07, 6.45) is 2.72. The molecule has 32 heavy (non-hydrogen) atoms. The molecule has 166 valence electrons. The van der Waals surface area contributed by atoms with Crippen LogP contribution < -0.4 is 14.4 Å². The fourth-order valence-electron chi connectivity index (χ4n) is 4.29. The van der Waals surface area contributed by atoms with Crippen LogP contribution in [0.4, 0.5) is 5.69 Å². The van der Waals surface area contributed by atoms with Gasteiger partial charge < -0.3 is 19.1 Å². The van der Waals surface area contributed by atoms with Crippen LogP contribution in [0.3, 0.4) is 0 Å². The van der Waals surface area contributed by atoms with Crippen molar-refractivity contribution in [2.45, 2.75) is 25.3 Å². The Labute approximate surface area is 189 Å². The zero-order chi connectivity index (χ0) is 22.3. The Balaban J connectivity index is 1.43. The molecule has 1 heterocycles. The molecule has 0 aliphatic carbocycles. The highest BCUT2D eigenvalue weighted by Crippen LogP contribution is 2.45. The fourth-order valence-corrected chi connectivity index (χ4v) is 4.29. The van der Waals surface area contributed by atoms with E-state index in [1.807, 2.05) is 59.5 Å². The smallest absolute Gasteiger partial charge is 0.233 e. The van der Waals surface area contributed by atoms with E-state index in [1.54, 1.807) is 14.2 Å². The molecule has 0 bridgehead atoms. The van der Waals surface area contributed by atoms with Crippen molar-refractivity contribution in [3.8, 4) is 11.5 Å². The Morgan fingerprint density at radius 3 is 2.19 bits per heavy atom. The molecule has 0 aromatic heterocycles. The van der Waals surface area contributed by atoms with Gasteiger partial charge >= 0.3 is 0 Å². The minimum absolute atomic E-state index is 0.0205. The number of hydrogen-bond acceptors (Lipinski definition) is 4. The van der Waals surface area contributed by atoms with Crippen molar-refractivity contribution in [3.05, 3.63) is 90.0 Å². The van der Waals surface area contributed by atoms with Crippen molar-refractivity contribution < 1.29 is 19.0 Å². The van der Waals surface area contributed by atoms with Gasteiger partial charge in [-0.1, -0.05) is 42.5 Å². The number of rotatable bonds is 10. The summed E-state index contributed by atoms with van der Waals surface area (Å²) in [5, 5.41) is 0. The molecule has 1 amide bonds. The molecule has 0 N–H and O–H groups in total. The van der Waals surface area contributed by atoms with Crippen LogP contribution in [0.5, 0.6) is 11.5 Å². The quantitative estimate of drug-likeness (QED) is 0.318. The van der Waals surface area contributed by atoms with E-state index in [2.05, 4.69) is 24.3 Å². The second-order valence-corrected chi connectivity index (χ2v) is 7.96. The molecule has 4 rings (SSSR count). The third-order valence-electron chi connectivity index (χ3n) is 5.95. The average molecular weight is 432 g/mol. The lowest BCUT2D eigenvalue weighted by Gasteiger charge is -2.47. The van der Waals surface area contributed by atoms with Crippen LogP contribution >= 0.6 is 0 Å². The molecule has 0 radical (unpaired) electrons. The maximum absolute atomic E-state index is 13.1. The average Bonchev–Trinajstić information content (AvgIpc) is 2.85. The Bertz CT molecular complexity index is 1000. The maximum atomic E-state index is 13.1. The predicted octanol–water partition coefficient (Wildman–Crippen LogP) is 5.40. The Kier molecular flexibility index (Phi) is 7.07. The number of amides is 1. The van der Waals surface area contributed by atoms with Crippen LogP contribution in [0.1, 0.15) is 30.0 Å². The summed E-state index contributed by atoms with van der Waals surface area (Å²) in [5.41, 5.74) is 3.32. The monoisotopic (exact) mass is 431 g/mol. The van der Waals surface area contributed by atoms with Crippen molar-refractivity contribution in [2.24, 2.45) is 5.92 Å². The number of carbonyl (C=O) groups excluding carboxylic acids is 1. The van der Waals surface area contributed by atoms with Gasteiger partial charge in [0.1, 0.15) is 11.5 Å². The first kappa shape index (κ1) is 21.9. The number of methoxy groups -OCH3 is 2. The molecule has 1 aliphatic rings. The predicted molar refractivity (Wildman–Crippen MR) is 125 cm³/mol. The maximum Gasteiger partial charge on any atom is 0.233 e. The Hall–Kier alpha value is -3.31. The first-order chi connectivity index (χ1) is 15.7. The summed E-state index contributed by atoms with van der Waals surface area (Å²) in [6, 6.07) is 26.1. The lowest BCUT2D eigenvalue weighted by Crippen LogP contribution is -2.55. The number of anilines is 1. The molecule has 0 saturated carbocycles. The first-order valence-electron chi connectivity index (χ1n) is 10.9. The zero-order valence-electron chi connectivity index (χ0n) is 18.6. The van der Waals surface area contributed by atoms with Gasteiger partial charge in [-0.15, -0.1) is 0 Å². The third kappa shape index (κ3) is 4.78. The number of carbonyl (C=O) groups is 1. The number of nitrogens with zero attached hydrogens (tertiary/aromatic N) is 1. The largest absolute Gasteiger partial charge is 0.497 e. The van der Waals surface area contributed by atoms with E-state index in [1.165, 1.54) is 5.56 Å². The van der Waals surface area contributed by atoms with Gasteiger partial charge in [0.25, 0.3) is 0 Å². The first-order valence-corrected chi connectivity index (χ1v) is 10.9. The van der Waals surface area contributed by atoms with Crippen LogP contribution in [0.25, 0.3) is 0 Å². The van der Waals surface area contributed by atoms with Gasteiger partial charge in [-0.3, -0.25) is 4.79 Å². The van der Waals surface area contributed by atoms with Crippen LogP contribution in [-0.4, -0.2) is 26.9 Å². The molecule has 0 unspecified atom stereocenters. The minimum Gasteiger partial charge on any atom is -0.497 e. The highest BCUT2D eigenvalue weighted by molar-refractivity contribution is 6.03. The van der Waals surface area contributed by atoms with Crippen molar-refractivity contribution in [3.63, 3.8) is 0 Å². The molecular formula is C27H29NO4. The molecule has 1 fully saturated rings. The van der Waals surface area contributed by atoms with E-state index in [0.717, 1.165) is 42.0 Å². The summed E-state index contributed by atoms with van der Waals surface area (Å²) in [6.45, 7) is 0.244. The van der Waals surface area contributed by atoms with Crippen LogP contribution in [0.15, 0.2) is 78.9 Å². The van der Waals surface area contributed by atoms with Gasteiger partial charge in [0, 0.05) is 12.8 Å². The highest BCUT2D eigenvalue weighted by atomic mass is 16.7. The van der Waals surface area contributed by atoms with Crippen molar-refractivity contribution in [1.82, 2.24) is 0 Å². The number of aryl methyl sites for hydroxylation is 1. The van der Waals surface area contributed by atoms with E-state index in [4.69, 9.17) is 14.2 Å². The number of β-lactam (4-membered cyclic amide) rings is 1. The van der Waals surface area contributed by atoms with Crippen molar-refractivity contribution >= 4 is 11.6 Å². The number of para-hydroxylation sites is 1. The topological polar surface area (TPSA) is 48.0 Å². The van der Waals surface area contributed by atoms with E-state index >= 15 is 0 Å². The fraction of sp³-hybridized carbons (Fsp3) is 0.296. The number of benzene rings is 3. The number of hydrogen-bond donors (Lipinski definition) is 0. The lowest BCUT2D eigenvalue weighted by atomic mass is 9.78. The Morgan fingerprint density at radius 2 is 1.53 bits per heavy atom. The summed E-state index contributed by atoms with van der Waals surface area (Å²) in [5.74, 6) is 1.79. The van der Waals surface area contributed by atoms with Gasteiger partial charge in [-0.2, -0.15) is 0 Å².